The van der Waals surface area contributed by atoms with Gasteiger partial charge in [0.25, 0.3) is 0 Å². The summed E-state index contributed by atoms with van der Waals surface area (Å²) in [5.41, 5.74) is 0.923. The lowest BCUT2D eigenvalue weighted by Gasteiger charge is -2.03. The van der Waals surface area contributed by atoms with Crippen LogP contribution in [0.4, 0.5) is 4.39 Å². The largest absolute Gasteiger partial charge is 0.312 e. The number of alkyl halides is 1. The van der Waals surface area contributed by atoms with E-state index in [1.54, 1.807) is 6.07 Å². The first-order valence-electron chi connectivity index (χ1n) is 3.94. The van der Waals surface area contributed by atoms with Crippen molar-refractivity contribution in [2.45, 2.75) is 6.54 Å². The Hall–Kier alpha value is 0.130. The Morgan fingerprint density at radius 2 is 2.23 bits per heavy atom. The third-order valence-corrected chi connectivity index (χ3v) is 2.43. The fourth-order valence-corrected chi connectivity index (χ4v) is 1.45. The van der Waals surface area contributed by atoms with Gasteiger partial charge in [0.2, 0.25) is 0 Å². The maximum Gasteiger partial charge on any atom is 0.142 e. The van der Waals surface area contributed by atoms with Crippen molar-refractivity contribution >= 4 is 34.2 Å². The van der Waals surface area contributed by atoms with Crippen LogP contribution in [0.3, 0.4) is 0 Å². The zero-order chi connectivity index (χ0) is 9.68. The molecular formula is C9H10ClFIN. The Labute approximate surface area is 95.8 Å². The Kier molecular flexibility index (Phi) is 4.98. The van der Waals surface area contributed by atoms with E-state index in [-0.39, 0.29) is 10.8 Å². The summed E-state index contributed by atoms with van der Waals surface area (Å²) in [7, 11) is 0. The summed E-state index contributed by atoms with van der Waals surface area (Å²) in [4.78, 5) is 0. The van der Waals surface area contributed by atoms with E-state index in [0.717, 1.165) is 16.5 Å². The number of benzene rings is 1. The van der Waals surface area contributed by atoms with Crippen LogP contribution in [0, 0.1) is 5.82 Å². The fraction of sp³-hybridized carbons (Fsp3) is 0.333. The van der Waals surface area contributed by atoms with Gasteiger partial charge in [-0.05, 0) is 17.7 Å². The topological polar surface area (TPSA) is 12.0 Å². The molecule has 0 aliphatic heterocycles. The highest BCUT2D eigenvalue weighted by atomic mass is 127. The number of nitrogens with one attached hydrogen (secondary N) is 1. The van der Waals surface area contributed by atoms with Crippen molar-refractivity contribution in [3.63, 3.8) is 0 Å². The Morgan fingerprint density at radius 3 is 2.85 bits per heavy atom. The van der Waals surface area contributed by atoms with Crippen LogP contribution in [0.2, 0.25) is 5.02 Å². The molecule has 4 heteroatoms. The second kappa shape index (κ2) is 5.78. The van der Waals surface area contributed by atoms with Crippen molar-refractivity contribution in [3.8, 4) is 0 Å². The van der Waals surface area contributed by atoms with Crippen molar-refractivity contribution < 1.29 is 4.39 Å². The predicted molar refractivity (Wildman–Crippen MR) is 62.0 cm³/mol. The zero-order valence-electron chi connectivity index (χ0n) is 6.99. The number of hydrogen-bond acceptors (Lipinski definition) is 1. The standard InChI is InChI=1S/C9H10ClFIN/c10-8-2-1-7(5-9(8)11)6-13-4-3-12/h1-2,5,13H,3-4,6H2. The summed E-state index contributed by atoms with van der Waals surface area (Å²) in [5.74, 6) is -0.351. The minimum Gasteiger partial charge on any atom is -0.312 e. The van der Waals surface area contributed by atoms with E-state index in [9.17, 15) is 4.39 Å². The molecule has 13 heavy (non-hydrogen) atoms. The predicted octanol–water partition coefficient (Wildman–Crippen LogP) is 3.00. The molecule has 1 aromatic rings. The molecular weight excluding hydrogens is 303 g/mol. The lowest BCUT2D eigenvalue weighted by Crippen LogP contribution is -2.15. The van der Waals surface area contributed by atoms with Crippen LogP contribution < -0.4 is 5.32 Å². The highest BCUT2D eigenvalue weighted by molar-refractivity contribution is 14.1. The van der Waals surface area contributed by atoms with E-state index >= 15 is 0 Å². The van der Waals surface area contributed by atoms with Crippen LogP contribution in [0.5, 0.6) is 0 Å². The summed E-state index contributed by atoms with van der Waals surface area (Å²) in [5, 5.41) is 3.36. The minimum atomic E-state index is -0.351. The molecule has 0 bridgehead atoms. The second-order valence-corrected chi connectivity index (χ2v) is 4.10. The van der Waals surface area contributed by atoms with E-state index < -0.39 is 0 Å². The van der Waals surface area contributed by atoms with Gasteiger partial charge in [-0.3, -0.25) is 0 Å². The highest BCUT2D eigenvalue weighted by Gasteiger charge is 1.99. The van der Waals surface area contributed by atoms with Crippen LogP contribution in [-0.2, 0) is 6.54 Å². The minimum absolute atomic E-state index is 0.178. The van der Waals surface area contributed by atoms with Crippen molar-refractivity contribution in [2.24, 2.45) is 0 Å². The summed E-state index contributed by atoms with van der Waals surface area (Å²) in [6.07, 6.45) is 0. The average molecular weight is 314 g/mol. The molecule has 0 unspecified atom stereocenters. The molecule has 1 rings (SSSR count). The van der Waals surface area contributed by atoms with Gasteiger partial charge in [-0.25, -0.2) is 4.39 Å². The Balaban J connectivity index is 2.53. The van der Waals surface area contributed by atoms with E-state index in [0.29, 0.717) is 6.54 Å². The third-order valence-electron chi connectivity index (χ3n) is 1.58. The molecule has 0 aliphatic rings. The molecule has 1 N–H and O–H groups in total. The zero-order valence-corrected chi connectivity index (χ0v) is 9.90. The molecule has 0 saturated heterocycles. The van der Waals surface area contributed by atoms with Crippen LogP contribution in [-0.4, -0.2) is 11.0 Å². The number of hydrogen-bond donors (Lipinski definition) is 1. The molecule has 0 spiro atoms. The van der Waals surface area contributed by atoms with Crippen LogP contribution in [0.1, 0.15) is 5.56 Å². The number of rotatable bonds is 4. The molecule has 0 aromatic heterocycles. The van der Waals surface area contributed by atoms with Crippen molar-refractivity contribution in [3.05, 3.63) is 34.6 Å². The second-order valence-electron chi connectivity index (χ2n) is 2.61. The molecule has 0 atom stereocenters. The summed E-state index contributed by atoms with van der Waals surface area (Å²) < 4.78 is 14.0. The van der Waals surface area contributed by atoms with Crippen molar-refractivity contribution in [1.29, 1.82) is 0 Å². The van der Waals surface area contributed by atoms with Gasteiger partial charge in [-0.15, -0.1) is 0 Å². The van der Waals surface area contributed by atoms with E-state index in [2.05, 4.69) is 27.9 Å². The van der Waals surface area contributed by atoms with E-state index in [1.807, 2.05) is 6.07 Å². The Bertz CT molecular complexity index is 280. The SMILES string of the molecule is Fc1cc(CNCCI)ccc1Cl. The molecule has 0 heterocycles. The Morgan fingerprint density at radius 1 is 1.46 bits per heavy atom. The van der Waals surface area contributed by atoms with Gasteiger partial charge in [0, 0.05) is 17.5 Å². The maximum atomic E-state index is 12.9. The van der Waals surface area contributed by atoms with Gasteiger partial charge >= 0.3 is 0 Å². The lowest BCUT2D eigenvalue weighted by atomic mass is 10.2. The molecule has 0 fully saturated rings. The molecule has 0 amide bonds. The normalized spacial score (nSPS) is 10.4. The highest BCUT2D eigenvalue weighted by Crippen LogP contribution is 2.15. The van der Waals surface area contributed by atoms with E-state index in [1.165, 1.54) is 6.07 Å². The van der Waals surface area contributed by atoms with Crippen LogP contribution in [0.25, 0.3) is 0 Å². The smallest absolute Gasteiger partial charge is 0.142 e. The van der Waals surface area contributed by atoms with E-state index in [4.69, 9.17) is 11.6 Å². The van der Waals surface area contributed by atoms with Gasteiger partial charge in [-0.2, -0.15) is 0 Å². The van der Waals surface area contributed by atoms with Crippen molar-refractivity contribution in [1.82, 2.24) is 5.32 Å². The molecule has 1 aromatic carbocycles. The summed E-state index contributed by atoms with van der Waals surface area (Å²) in [6, 6.07) is 4.87. The van der Waals surface area contributed by atoms with Crippen LogP contribution in [0.15, 0.2) is 18.2 Å². The van der Waals surface area contributed by atoms with Crippen LogP contribution >= 0.6 is 34.2 Å². The first-order chi connectivity index (χ1) is 6.24. The summed E-state index contributed by atoms with van der Waals surface area (Å²) in [6.45, 7) is 1.63. The molecule has 1 nitrogen and oxygen atoms in total. The van der Waals surface area contributed by atoms with Gasteiger partial charge in [0.05, 0.1) is 5.02 Å². The third kappa shape index (κ3) is 3.79. The van der Waals surface area contributed by atoms with Gasteiger partial charge in [-0.1, -0.05) is 40.3 Å². The van der Waals surface area contributed by atoms with Gasteiger partial charge < -0.3 is 5.32 Å². The quantitative estimate of drug-likeness (QED) is 0.512. The fourth-order valence-electron chi connectivity index (χ4n) is 0.949. The lowest BCUT2D eigenvalue weighted by molar-refractivity contribution is 0.622. The molecule has 72 valence electrons. The molecule has 0 radical (unpaired) electrons. The first-order valence-corrected chi connectivity index (χ1v) is 5.85. The average Bonchev–Trinajstić information content (AvgIpc) is 2.12. The maximum absolute atomic E-state index is 12.9. The summed E-state index contributed by atoms with van der Waals surface area (Å²) >= 11 is 7.83. The first kappa shape index (κ1) is 11.2. The monoisotopic (exact) mass is 313 g/mol. The number of halogens is 3. The van der Waals surface area contributed by atoms with Gasteiger partial charge in [0.1, 0.15) is 5.82 Å². The molecule has 0 saturated carbocycles. The van der Waals surface area contributed by atoms with Crippen molar-refractivity contribution in [2.75, 3.05) is 11.0 Å². The van der Waals surface area contributed by atoms with Gasteiger partial charge in [0.15, 0.2) is 0 Å². The molecule has 0 aliphatic carbocycles.